The van der Waals surface area contributed by atoms with Crippen LogP contribution in [0.4, 0.5) is 16.3 Å². The Morgan fingerprint density at radius 1 is 0.826 bits per heavy atom. The number of rotatable bonds is 3. The predicted octanol–water partition coefficient (Wildman–Crippen LogP) is 4.44. The van der Waals surface area contributed by atoms with Gasteiger partial charge in [0.05, 0.1) is 16.4 Å². The van der Waals surface area contributed by atoms with Crippen molar-refractivity contribution in [2.45, 2.75) is 0 Å². The third-order valence-corrected chi connectivity index (χ3v) is 3.43. The van der Waals surface area contributed by atoms with Crippen LogP contribution >= 0.6 is 11.6 Å². The second-order valence-corrected chi connectivity index (χ2v) is 5.14. The Hall–Kier alpha value is -2.92. The number of amides is 2. The number of hydrogen-bond acceptors (Lipinski definition) is 3. The lowest BCUT2D eigenvalue weighted by atomic mass is 10.1. The van der Waals surface area contributed by atoms with Crippen LogP contribution in [0.1, 0.15) is 0 Å². The van der Waals surface area contributed by atoms with E-state index in [9.17, 15) is 4.79 Å². The van der Waals surface area contributed by atoms with Crippen molar-refractivity contribution in [3.05, 3.63) is 71.8 Å². The Kier molecular flexibility index (Phi) is 4.49. The van der Waals surface area contributed by atoms with E-state index in [4.69, 9.17) is 11.6 Å². The maximum atomic E-state index is 11.9. The summed E-state index contributed by atoms with van der Waals surface area (Å²) in [5.41, 5.74) is 2.23. The van der Waals surface area contributed by atoms with Gasteiger partial charge in [0.15, 0.2) is 5.82 Å². The van der Waals surface area contributed by atoms with Gasteiger partial charge in [-0.05, 0) is 24.3 Å². The molecule has 0 spiro atoms. The molecular formula is C17H13ClN4O. The second-order valence-electron chi connectivity index (χ2n) is 4.73. The fraction of sp³-hybridized carbons (Fsp3) is 0. The van der Waals surface area contributed by atoms with Crippen molar-refractivity contribution < 1.29 is 4.79 Å². The average molecular weight is 325 g/mol. The van der Waals surface area contributed by atoms with Gasteiger partial charge in [0.1, 0.15) is 0 Å². The van der Waals surface area contributed by atoms with Gasteiger partial charge in [0.2, 0.25) is 0 Å². The van der Waals surface area contributed by atoms with Crippen molar-refractivity contribution in [3.8, 4) is 11.3 Å². The number of urea groups is 1. The fourth-order valence-electron chi connectivity index (χ4n) is 1.99. The van der Waals surface area contributed by atoms with Gasteiger partial charge in [-0.15, -0.1) is 10.2 Å². The molecule has 0 unspecified atom stereocenters. The molecule has 0 atom stereocenters. The minimum atomic E-state index is -0.431. The Morgan fingerprint density at radius 2 is 1.57 bits per heavy atom. The number of carbonyl (C=O) groups is 1. The quantitative estimate of drug-likeness (QED) is 0.748. The van der Waals surface area contributed by atoms with Crippen molar-refractivity contribution in [2.75, 3.05) is 10.6 Å². The third kappa shape index (κ3) is 3.84. The predicted molar refractivity (Wildman–Crippen MR) is 91.6 cm³/mol. The Labute approximate surface area is 138 Å². The molecule has 23 heavy (non-hydrogen) atoms. The van der Waals surface area contributed by atoms with E-state index in [0.29, 0.717) is 16.5 Å². The highest BCUT2D eigenvalue weighted by Gasteiger charge is 2.07. The molecule has 0 aliphatic carbocycles. The largest absolute Gasteiger partial charge is 0.324 e. The van der Waals surface area contributed by atoms with E-state index >= 15 is 0 Å². The molecule has 2 amide bonds. The first-order valence-electron chi connectivity index (χ1n) is 6.94. The summed E-state index contributed by atoms with van der Waals surface area (Å²) in [6.07, 6.45) is 0. The molecule has 3 rings (SSSR count). The summed E-state index contributed by atoms with van der Waals surface area (Å²) in [6.45, 7) is 0. The first-order chi connectivity index (χ1) is 11.2. The highest BCUT2D eigenvalue weighted by molar-refractivity contribution is 6.33. The zero-order valence-corrected chi connectivity index (χ0v) is 12.8. The summed E-state index contributed by atoms with van der Waals surface area (Å²) in [4.78, 5) is 11.9. The fourth-order valence-corrected chi connectivity index (χ4v) is 2.18. The Morgan fingerprint density at radius 3 is 2.26 bits per heavy atom. The van der Waals surface area contributed by atoms with Gasteiger partial charge in [-0.3, -0.25) is 5.32 Å². The van der Waals surface area contributed by atoms with Gasteiger partial charge in [-0.25, -0.2) is 4.79 Å². The monoisotopic (exact) mass is 324 g/mol. The van der Waals surface area contributed by atoms with E-state index in [2.05, 4.69) is 20.8 Å². The van der Waals surface area contributed by atoms with Crippen LogP contribution in [0.3, 0.4) is 0 Å². The number of carbonyl (C=O) groups excluding carboxylic acids is 1. The number of nitrogens with zero attached hydrogens (tertiary/aromatic N) is 2. The number of aromatic nitrogens is 2. The lowest BCUT2D eigenvalue weighted by Crippen LogP contribution is -2.20. The van der Waals surface area contributed by atoms with Gasteiger partial charge in [-0.1, -0.05) is 54.1 Å². The highest BCUT2D eigenvalue weighted by Crippen LogP contribution is 2.21. The minimum Gasteiger partial charge on any atom is -0.306 e. The van der Waals surface area contributed by atoms with Gasteiger partial charge >= 0.3 is 6.03 Å². The normalized spacial score (nSPS) is 10.1. The third-order valence-electron chi connectivity index (χ3n) is 3.10. The van der Waals surface area contributed by atoms with E-state index in [1.165, 1.54) is 0 Å². The van der Waals surface area contributed by atoms with Crippen LogP contribution in [0.25, 0.3) is 11.3 Å². The molecule has 3 aromatic rings. The summed E-state index contributed by atoms with van der Waals surface area (Å²) in [5, 5.41) is 13.8. The van der Waals surface area contributed by atoms with Crippen LogP contribution < -0.4 is 10.6 Å². The van der Waals surface area contributed by atoms with Gasteiger partial charge in [0, 0.05) is 5.56 Å². The lowest BCUT2D eigenvalue weighted by molar-refractivity contribution is 0.262. The zero-order chi connectivity index (χ0) is 16.1. The minimum absolute atomic E-state index is 0.356. The number of hydrogen-bond donors (Lipinski definition) is 2. The molecular weight excluding hydrogens is 312 g/mol. The topological polar surface area (TPSA) is 66.9 Å². The number of benzene rings is 2. The Bertz CT molecular complexity index is 806. The van der Waals surface area contributed by atoms with Crippen molar-refractivity contribution in [3.63, 3.8) is 0 Å². The number of nitrogens with one attached hydrogen (secondary N) is 2. The number of halogens is 1. The molecule has 2 N–H and O–H groups in total. The van der Waals surface area contributed by atoms with E-state index in [-0.39, 0.29) is 0 Å². The molecule has 5 nitrogen and oxygen atoms in total. The van der Waals surface area contributed by atoms with Crippen molar-refractivity contribution in [1.29, 1.82) is 0 Å². The molecule has 0 fully saturated rings. The molecule has 0 radical (unpaired) electrons. The van der Waals surface area contributed by atoms with Crippen molar-refractivity contribution >= 4 is 29.1 Å². The van der Waals surface area contributed by atoms with Crippen LogP contribution in [-0.2, 0) is 0 Å². The molecule has 0 saturated carbocycles. The Balaban J connectivity index is 1.66. The smallest absolute Gasteiger partial charge is 0.306 e. The second kappa shape index (κ2) is 6.89. The summed E-state index contributed by atoms with van der Waals surface area (Å²) in [7, 11) is 0. The standard InChI is InChI=1S/C17H13ClN4O/c18-13-8-4-5-9-15(13)19-17(23)20-16-11-10-14(21-22-16)12-6-2-1-3-7-12/h1-11H,(H2,19,20,22,23). The number of anilines is 2. The summed E-state index contributed by atoms with van der Waals surface area (Å²) >= 11 is 5.99. The van der Waals surface area contributed by atoms with Crippen molar-refractivity contribution in [1.82, 2.24) is 10.2 Å². The van der Waals surface area contributed by atoms with Gasteiger partial charge in [0.25, 0.3) is 0 Å². The number of para-hydroxylation sites is 1. The molecule has 6 heteroatoms. The lowest BCUT2D eigenvalue weighted by Gasteiger charge is -2.08. The first-order valence-corrected chi connectivity index (χ1v) is 7.32. The average Bonchev–Trinajstić information content (AvgIpc) is 2.58. The maximum absolute atomic E-state index is 11.9. The molecule has 114 valence electrons. The van der Waals surface area contributed by atoms with Gasteiger partial charge in [-0.2, -0.15) is 0 Å². The van der Waals surface area contributed by atoms with Crippen LogP contribution in [0.5, 0.6) is 0 Å². The van der Waals surface area contributed by atoms with Crippen molar-refractivity contribution in [2.24, 2.45) is 0 Å². The molecule has 2 aromatic carbocycles. The summed E-state index contributed by atoms with van der Waals surface area (Å²) < 4.78 is 0. The maximum Gasteiger partial charge on any atom is 0.324 e. The first kappa shape index (κ1) is 15.0. The molecule has 0 aliphatic rings. The molecule has 0 aliphatic heterocycles. The van der Waals surface area contributed by atoms with Gasteiger partial charge < -0.3 is 5.32 Å². The van der Waals surface area contributed by atoms with Crippen LogP contribution in [0.15, 0.2) is 66.7 Å². The van der Waals surface area contributed by atoms with Crippen LogP contribution in [0, 0.1) is 0 Å². The van der Waals surface area contributed by atoms with E-state index in [1.54, 1.807) is 36.4 Å². The summed E-state index contributed by atoms with van der Waals surface area (Å²) in [6, 6.07) is 19.7. The van der Waals surface area contributed by atoms with E-state index in [1.807, 2.05) is 30.3 Å². The zero-order valence-electron chi connectivity index (χ0n) is 12.0. The SMILES string of the molecule is O=C(Nc1ccc(-c2ccccc2)nn1)Nc1ccccc1Cl. The highest BCUT2D eigenvalue weighted by atomic mass is 35.5. The van der Waals surface area contributed by atoms with Crippen LogP contribution in [0.2, 0.25) is 5.02 Å². The summed E-state index contributed by atoms with van der Waals surface area (Å²) in [5.74, 6) is 0.356. The molecule has 1 aromatic heterocycles. The molecule has 0 bridgehead atoms. The van der Waals surface area contributed by atoms with Crippen LogP contribution in [-0.4, -0.2) is 16.2 Å². The van der Waals surface area contributed by atoms with E-state index < -0.39 is 6.03 Å². The van der Waals surface area contributed by atoms with E-state index in [0.717, 1.165) is 11.3 Å². The molecule has 0 saturated heterocycles. The molecule has 1 heterocycles.